The van der Waals surface area contributed by atoms with Crippen LogP contribution in [0.2, 0.25) is 0 Å². The Kier molecular flexibility index (Phi) is 3.19. The van der Waals surface area contributed by atoms with Gasteiger partial charge in [-0.15, -0.1) is 6.42 Å². The fraction of sp³-hybridized carbons (Fsp3) is 0.714. The van der Waals surface area contributed by atoms with Crippen LogP contribution < -0.4 is 0 Å². The van der Waals surface area contributed by atoms with E-state index in [2.05, 4.69) is 31.9 Å². The average molecular weight is 312 g/mol. The lowest BCUT2D eigenvalue weighted by molar-refractivity contribution is -0.0917. The summed E-state index contributed by atoms with van der Waals surface area (Å²) >= 11 is 0. The van der Waals surface area contributed by atoms with Gasteiger partial charge in [0.2, 0.25) is 0 Å². The Labute approximate surface area is 139 Å². The molecular formula is C21H28O2. The van der Waals surface area contributed by atoms with Crippen LogP contribution in [0.1, 0.15) is 52.4 Å². The zero-order valence-electron chi connectivity index (χ0n) is 14.3. The van der Waals surface area contributed by atoms with E-state index in [9.17, 15) is 10.2 Å². The third kappa shape index (κ3) is 1.84. The van der Waals surface area contributed by atoms with Gasteiger partial charge in [0.15, 0.2) is 0 Å². The fourth-order valence-electron chi connectivity index (χ4n) is 6.57. The molecule has 0 saturated heterocycles. The van der Waals surface area contributed by atoms with Crippen LogP contribution in [0.25, 0.3) is 0 Å². The monoisotopic (exact) mass is 312 g/mol. The molecule has 0 aliphatic heterocycles. The molecule has 23 heavy (non-hydrogen) atoms. The van der Waals surface area contributed by atoms with Gasteiger partial charge in [-0.3, -0.25) is 0 Å². The zero-order chi connectivity index (χ0) is 16.5. The van der Waals surface area contributed by atoms with Crippen LogP contribution in [0.15, 0.2) is 23.8 Å². The van der Waals surface area contributed by atoms with Gasteiger partial charge in [-0.1, -0.05) is 43.6 Å². The van der Waals surface area contributed by atoms with Crippen molar-refractivity contribution >= 4 is 0 Å². The lowest BCUT2D eigenvalue weighted by Gasteiger charge is -2.57. The molecule has 4 aliphatic carbocycles. The first-order chi connectivity index (χ1) is 10.8. The number of fused-ring (bicyclic) bond motifs is 5. The van der Waals surface area contributed by atoms with E-state index in [0.29, 0.717) is 17.8 Å². The molecule has 4 rings (SSSR count). The molecule has 0 radical (unpaired) electrons. The van der Waals surface area contributed by atoms with E-state index in [1.165, 1.54) is 12.0 Å². The Morgan fingerprint density at radius 2 is 1.91 bits per heavy atom. The van der Waals surface area contributed by atoms with Crippen molar-refractivity contribution in [1.29, 1.82) is 0 Å². The van der Waals surface area contributed by atoms with Crippen molar-refractivity contribution in [3.63, 3.8) is 0 Å². The van der Waals surface area contributed by atoms with Gasteiger partial charge in [0.25, 0.3) is 0 Å². The van der Waals surface area contributed by atoms with Crippen LogP contribution >= 0.6 is 0 Å². The molecule has 2 heteroatoms. The van der Waals surface area contributed by atoms with E-state index in [-0.39, 0.29) is 10.8 Å². The maximum Gasteiger partial charge on any atom is 0.130 e. The number of hydrogen-bond acceptors (Lipinski definition) is 2. The molecule has 124 valence electrons. The van der Waals surface area contributed by atoms with Crippen molar-refractivity contribution in [3.8, 4) is 12.3 Å². The summed E-state index contributed by atoms with van der Waals surface area (Å²) in [5.74, 6) is 4.53. The maximum atomic E-state index is 11.0. The van der Waals surface area contributed by atoms with E-state index in [1.807, 2.05) is 6.08 Å². The van der Waals surface area contributed by atoms with E-state index in [4.69, 9.17) is 6.42 Å². The third-order valence-electron chi connectivity index (χ3n) is 8.05. The van der Waals surface area contributed by atoms with Crippen molar-refractivity contribution in [2.75, 3.05) is 0 Å². The third-order valence-corrected chi connectivity index (χ3v) is 8.05. The number of aliphatic hydroxyl groups is 2. The average Bonchev–Trinajstić information content (AvgIpc) is 2.80. The number of hydrogen-bond donors (Lipinski definition) is 2. The predicted molar refractivity (Wildman–Crippen MR) is 91.4 cm³/mol. The first-order valence-corrected chi connectivity index (χ1v) is 9.13. The highest BCUT2D eigenvalue weighted by Crippen LogP contribution is 2.66. The van der Waals surface area contributed by atoms with Crippen LogP contribution in [0.5, 0.6) is 0 Å². The molecular weight excluding hydrogens is 284 g/mol. The van der Waals surface area contributed by atoms with Crippen LogP contribution in [0.3, 0.4) is 0 Å². The van der Waals surface area contributed by atoms with Gasteiger partial charge in [-0.25, -0.2) is 0 Å². The molecule has 2 nitrogen and oxygen atoms in total. The molecule has 0 bridgehead atoms. The first-order valence-electron chi connectivity index (χ1n) is 9.13. The second-order valence-electron chi connectivity index (χ2n) is 8.74. The molecule has 3 fully saturated rings. The summed E-state index contributed by atoms with van der Waals surface area (Å²) in [6, 6.07) is 0. The van der Waals surface area contributed by atoms with Crippen LogP contribution in [0, 0.1) is 40.9 Å². The van der Waals surface area contributed by atoms with Crippen molar-refractivity contribution in [2.24, 2.45) is 28.6 Å². The normalized spacial score (nSPS) is 54.5. The summed E-state index contributed by atoms with van der Waals surface area (Å²) in [5, 5.41) is 20.9. The van der Waals surface area contributed by atoms with Gasteiger partial charge in [0, 0.05) is 10.8 Å². The minimum atomic E-state index is -0.918. The predicted octanol–water partition coefficient (Wildman–Crippen LogP) is 3.45. The SMILES string of the molecule is C#C[C@]1(O)CC[C@H]2[C@H]3CCC4=C[C@H](O)C=C[C@]4(C)[C@@H]3CC[C@@]21C. The Morgan fingerprint density at radius 1 is 1.17 bits per heavy atom. The van der Waals surface area contributed by atoms with Gasteiger partial charge >= 0.3 is 0 Å². The number of aliphatic hydroxyl groups excluding tert-OH is 1. The highest BCUT2D eigenvalue weighted by atomic mass is 16.3. The summed E-state index contributed by atoms with van der Waals surface area (Å²) in [5.41, 5.74) is 0.458. The van der Waals surface area contributed by atoms with E-state index >= 15 is 0 Å². The second-order valence-corrected chi connectivity index (χ2v) is 8.74. The Hall–Kier alpha value is -1.04. The van der Waals surface area contributed by atoms with E-state index < -0.39 is 11.7 Å². The van der Waals surface area contributed by atoms with Crippen molar-refractivity contribution in [3.05, 3.63) is 23.8 Å². The molecule has 0 unspecified atom stereocenters. The smallest absolute Gasteiger partial charge is 0.130 e. The lowest BCUT2D eigenvalue weighted by atomic mass is 9.47. The highest BCUT2D eigenvalue weighted by molar-refractivity contribution is 5.34. The summed E-state index contributed by atoms with van der Waals surface area (Å²) in [7, 11) is 0. The summed E-state index contributed by atoms with van der Waals surface area (Å²) in [6.07, 6.45) is 17.8. The maximum absolute atomic E-state index is 11.0. The lowest BCUT2D eigenvalue weighted by Crippen LogP contribution is -2.54. The molecule has 0 aromatic carbocycles. The standard InChI is InChI=1S/C21H28O2/c1-4-21(23)12-9-18-16-6-5-14-13-15(22)7-10-19(14,2)17(16)8-11-20(18,21)3/h1,7,10,13,15-18,22-23H,5-6,8-9,11-12H2,2-3H3/t15-,16+,17-,18+,19+,20+,21+/m1/s1. The quantitative estimate of drug-likeness (QED) is 0.531. The largest absolute Gasteiger partial charge is 0.385 e. The van der Waals surface area contributed by atoms with Crippen LogP contribution in [-0.2, 0) is 0 Å². The fourth-order valence-corrected chi connectivity index (χ4v) is 6.57. The summed E-state index contributed by atoms with van der Waals surface area (Å²) in [6.45, 7) is 4.58. The number of allylic oxidation sites excluding steroid dienone is 2. The van der Waals surface area contributed by atoms with Crippen molar-refractivity contribution in [1.82, 2.24) is 0 Å². The molecule has 2 N–H and O–H groups in total. The van der Waals surface area contributed by atoms with Gasteiger partial charge in [-0.2, -0.15) is 0 Å². The van der Waals surface area contributed by atoms with Gasteiger partial charge in [0.05, 0.1) is 6.10 Å². The molecule has 0 aromatic heterocycles. The Morgan fingerprint density at radius 3 is 2.65 bits per heavy atom. The van der Waals surface area contributed by atoms with E-state index in [1.54, 1.807) is 0 Å². The molecule has 7 atom stereocenters. The summed E-state index contributed by atoms with van der Waals surface area (Å²) in [4.78, 5) is 0. The van der Waals surface area contributed by atoms with Gasteiger partial charge in [0.1, 0.15) is 5.60 Å². The topological polar surface area (TPSA) is 40.5 Å². The molecule has 0 spiro atoms. The second kappa shape index (κ2) is 4.74. The minimum absolute atomic E-state index is 0.0837. The zero-order valence-corrected chi connectivity index (χ0v) is 14.3. The number of rotatable bonds is 0. The van der Waals surface area contributed by atoms with Crippen LogP contribution in [0.4, 0.5) is 0 Å². The Bertz CT molecular complexity index is 626. The van der Waals surface area contributed by atoms with Gasteiger partial charge in [-0.05, 0) is 56.3 Å². The number of terminal acetylenes is 1. The Balaban J connectivity index is 1.70. The highest BCUT2D eigenvalue weighted by Gasteiger charge is 2.63. The van der Waals surface area contributed by atoms with E-state index in [0.717, 1.165) is 32.1 Å². The molecule has 3 saturated carbocycles. The van der Waals surface area contributed by atoms with Gasteiger partial charge < -0.3 is 10.2 Å². The van der Waals surface area contributed by atoms with Crippen LogP contribution in [-0.4, -0.2) is 21.9 Å². The molecule has 4 aliphatic rings. The molecule has 0 amide bonds. The summed E-state index contributed by atoms with van der Waals surface area (Å²) < 4.78 is 0. The first kappa shape index (κ1) is 15.5. The molecule has 0 heterocycles. The van der Waals surface area contributed by atoms with Crippen molar-refractivity contribution < 1.29 is 10.2 Å². The van der Waals surface area contributed by atoms with Crippen molar-refractivity contribution in [2.45, 2.75) is 64.1 Å². The minimum Gasteiger partial charge on any atom is -0.385 e. The molecule has 0 aromatic rings.